The molecule has 16 heavy (non-hydrogen) atoms. The second kappa shape index (κ2) is 4.74. The van der Waals surface area contributed by atoms with Crippen LogP contribution in [0.15, 0.2) is 12.1 Å². The lowest BCUT2D eigenvalue weighted by atomic mass is 10.0. The van der Waals surface area contributed by atoms with Gasteiger partial charge in [0.2, 0.25) is 0 Å². The van der Waals surface area contributed by atoms with E-state index in [0.717, 1.165) is 35.6 Å². The Morgan fingerprint density at radius 1 is 1.19 bits per heavy atom. The van der Waals surface area contributed by atoms with Gasteiger partial charge in [-0.05, 0) is 44.0 Å². The number of ether oxygens (including phenoxy) is 2. The van der Waals surface area contributed by atoms with E-state index in [4.69, 9.17) is 9.47 Å². The molecule has 3 nitrogen and oxygen atoms in total. The van der Waals surface area contributed by atoms with Gasteiger partial charge in [0.1, 0.15) is 11.5 Å². The quantitative estimate of drug-likeness (QED) is 0.850. The molecule has 1 aromatic carbocycles. The molecule has 88 valence electrons. The smallest absolute Gasteiger partial charge is 0.127 e. The molecule has 0 unspecified atom stereocenters. The Hall–Kier alpha value is -1.22. The summed E-state index contributed by atoms with van der Waals surface area (Å²) in [6, 6.07) is 4.50. The largest absolute Gasteiger partial charge is 0.496 e. The van der Waals surface area contributed by atoms with Gasteiger partial charge in [0.25, 0.3) is 0 Å². The van der Waals surface area contributed by atoms with Crippen molar-refractivity contribution in [3.05, 3.63) is 23.3 Å². The van der Waals surface area contributed by atoms with E-state index in [0.29, 0.717) is 6.04 Å². The lowest BCUT2D eigenvalue weighted by Crippen LogP contribution is -2.15. The highest BCUT2D eigenvalue weighted by molar-refractivity contribution is 5.50. The molecule has 0 bridgehead atoms. The van der Waals surface area contributed by atoms with Crippen molar-refractivity contribution in [3.8, 4) is 11.5 Å². The molecular weight excluding hydrogens is 202 g/mol. The van der Waals surface area contributed by atoms with Crippen LogP contribution in [0.25, 0.3) is 0 Å². The van der Waals surface area contributed by atoms with Gasteiger partial charge in [0, 0.05) is 6.04 Å². The van der Waals surface area contributed by atoms with Crippen molar-refractivity contribution in [2.45, 2.75) is 25.8 Å². The standard InChI is InChI=1S/C13H19NO2/c1-9-7-11(15-2)13(12(8-9)16-3)10-5-4-6-14-10/h7-8,10,14H,4-6H2,1-3H3/t10-/m0/s1. The second-order valence-corrected chi connectivity index (χ2v) is 4.23. The zero-order valence-electron chi connectivity index (χ0n) is 10.2. The van der Waals surface area contributed by atoms with E-state index < -0.39 is 0 Å². The lowest BCUT2D eigenvalue weighted by molar-refractivity contribution is 0.375. The van der Waals surface area contributed by atoms with Gasteiger partial charge >= 0.3 is 0 Å². The average Bonchev–Trinajstić information content (AvgIpc) is 2.80. The predicted molar refractivity (Wildman–Crippen MR) is 64.3 cm³/mol. The molecule has 1 heterocycles. The minimum atomic E-state index is 0.366. The van der Waals surface area contributed by atoms with Gasteiger partial charge in [-0.2, -0.15) is 0 Å². The molecule has 1 aliphatic rings. The molecule has 0 saturated carbocycles. The molecule has 0 amide bonds. The second-order valence-electron chi connectivity index (χ2n) is 4.23. The fourth-order valence-electron chi connectivity index (χ4n) is 2.34. The van der Waals surface area contributed by atoms with Crippen LogP contribution in [0.3, 0.4) is 0 Å². The van der Waals surface area contributed by atoms with Crippen LogP contribution >= 0.6 is 0 Å². The summed E-state index contributed by atoms with van der Waals surface area (Å²) in [6.07, 6.45) is 2.36. The van der Waals surface area contributed by atoms with E-state index in [-0.39, 0.29) is 0 Å². The molecule has 0 spiro atoms. The summed E-state index contributed by atoms with van der Waals surface area (Å²) in [5.74, 6) is 1.85. The Bertz CT molecular complexity index is 345. The minimum Gasteiger partial charge on any atom is -0.496 e. The van der Waals surface area contributed by atoms with Gasteiger partial charge in [-0.3, -0.25) is 0 Å². The number of hydrogen-bond acceptors (Lipinski definition) is 3. The molecule has 0 aromatic heterocycles. The monoisotopic (exact) mass is 221 g/mol. The van der Waals surface area contributed by atoms with E-state index in [1.54, 1.807) is 14.2 Å². The van der Waals surface area contributed by atoms with Crippen LogP contribution < -0.4 is 14.8 Å². The summed E-state index contributed by atoms with van der Waals surface area (Å²) in [5.41, 5.74) is 2.32. The lowest BCUT2D eigenvalue weighted by Gasteiger charge is -2.19. The molecular formula is C13H19NO2. The van der Waals surface area contributed by atoms with Crippen molar-refractivity contribution >= 4 is 0 Å². The van der Waals surface area contributed by atoms with Crippen LogP contribution in [0.2, 0.25) is 0 Å². The van der Waals surface area contributed by atoms with E-state index in [1.807, 2.05) is 0 Å². The molecule has 0 radical (unpaired) electrons. The molecule has 1 aromatic rings. The van der Waals surface area contributed by atoms with E-state index >= 15 is 0 Å². The van der Waals surface area contributed by atoms with Crippen LogP contribution in [-0.4, -0.2) is 20.8 Å². The van der Waals surface area contributed by atoms with Crippen LogP contribution in [0.4, 0.5) is 0 Å². The number of nitrogens with one attached hydrogen (secondary N) is 1. The maximum absolute atomic E-state index is 5.46. The molecule has 1 fully saturated rings. The summed E-state index contributed by atoms with van der Waals surface area (Å²) in [4.78, 5) is 0. The topological polar surface area (TPSA) is 30.5 Å². The summed E-state index contributed by atoms with van der Waals surface area (Å²) in [6.45, 7) is 3.13. The SMILES string of the molecule is COc1cc(C)cc(OC)c1[C@@H]1CCCN1. The molecule has 2 rings (SSSR count). The van der Waals surface area contributed by atoms with Crippen LogP contribution in [0, 0.1) is 6.92 Å². The molecule has 1 aliphatic heterocycles. The van der Waals surface area contributed by atoms with Gasteiger partial charge in [-0.25, -0.2) is 0 Å². The molecule has 3 heteroatoms. The molecule has 1 N–H and O–H groups in total. The number of hydrogen-bond donors (Lipinski definition) is 1. The third-order valence-corrected chi connectivity index (χ3v) is 3.10. The Balaban J connectivity index is 2.46. The maximum Gasteiger partial charge on any atom is 0.127 e. The van der Waals surface area contributed by atoms with Crippen molar-refractivity contribution in [2.24, 2.45) is 0 Å². The van der Waals surface area contributed by atoms with Gasteiger partial charge in [0.15, 0.2) is 0 Å². The first-order chi connectivity index (χ1) is 7.76. The third-order valence-electron chi connectivity index (χ3n) is 3.10. The van der Waals surface area contributed by atoms with Crippen molar-refractivity contribution in [2.75, 3.05) is 20.8 Å². The molecule has 1 saturated heterocycles. The van der Waals surface area contributed by atoms with E-state index in [2.05, 4.69) is 24.4 Å². The summed E-state index contributed by atoms with van der Waals surface area (Å²) >= 11 is 0. The summed E-state index contributed by atoms with van der Waals surface area (Å²) < 4.78 is 10.9. The van der Waals surface area contributed by atoms with Crippen molar-refractivity contribution < 1.29 is 9.47 Å². The Morgan fingerprint density at radius 3 is 2.25 bits per heavy atom. The fraction of sp³-hybridized carbons (Fsp3) is 0.538. The zero-order chi connectivity index (χ0) is 11.5. The van der Waals surface area contributed by atoms with Crippen molar-refractivity contribution in [1.82, 2.24) is 5.32 Å². The van der Waals surface area contributed by atoms with E-state index in [9.17, 15) is 0 Å². The average molecular weight is 221 g/mol. The number of aryl methyl sites for hydroxylation is 1. The van der Waals surface area contributed by atoms with E-state index in [1.165, 1.54) is 6.42 Å². The number of rotatable bonds is 3. The first kappa shape index (κ1) is 11.3. The van der Waals surface area contributed by atoms with Gasteiger partial charge < -0.3 is 14.8 Å². The predicted octanol–water partition coefficient (Wildman–Crippen LogP) is 2.44. The molecule has 1 atom stereocenters. The number of methoxy groups -OCH3 is 2. The minimum absolute atomic E-state index is 0.366. The first-order valence-electron chi connectivity index (χ1n) is 5.72. The Morgan fingerprint density at radius 2 is 1.81 bits per heavy atom. The zero-order valence-corrected chi connectivity index (χ0v) is 10.2. The fourth-order valence-corrected chi connectivity index (χ4v) is 2.34. The van der Waals surface area contributed by atoms with Crippen molar-refractivity contribution in [3.63, 3.8) is 0 Å². The van der Waals surface area contributed by atoms with Crippen LogP contribution in [0.5, 0.6) is 11.5 Å². The highest BCUT2D eigenvalue weighted by Gasteiger charge is 2.24. The normalized spacial score (nSPS) is 19.8. The van der Waals surface area contributed by atoms with Gasteiger partial charge in [-0.15, -0.1) is 0 Å². The molecule has 0 aliphatic carbocycles. The highest BCUT2D eigenvalue weighted by Crippen LogP contribution is 2.38. The summed E-state index contributed by atoms with van der Waals surface area (Å²) in [5, 5.41) is 3.48. The first-order valence-corrected chi connectivity index (χ1v) is 5.72. The third kappa shape index (κ3) is 2.00. The highest BCUT2D eigenvalue weighted by atomic mass is 16.5. The summed E-state index contributed by atoms with van der Waals surface area (Å²) in [7, 11) is 3.43. The Labute approximate surface area is 96.8 Å². The van der Waals surface area contributed by atoms with Gasteiger partial charge in [-0.1, -0.05) is 0 Å². The van der Waals surface area contributed by atoms with Crippen LogP contribution in [-0.2, 0) is 0 Å². The number of benzene rings is 1. The Kier molecular flexibility index (Phi) is 3.34. The van der Waals surface area contributed by atoms with Crippen LogP contribution in [0.1, 0.15) is 30.0 Å². The van der Waals surface area contributed by atoms with Crippen molar-refractivity contribution in [1.29, 1.82) is 0 Å². The van der Waals surface area contributed by atoms with Gasteiger partial charge in [0.05, 0.1) is 19.8 Å². The maximum atomic E-state index is 5.46.